The highest BCUT2D eigenvalue weighted by Gasteiger charge is 2.27. The summed E-state index contributed by atoms with van der Waals surface area (Å²) >= 11 is -0.881. The van der Waals surface area contributed by atoms with Crippen LogP contribution in [0, 0.1) is 12.8 Å². The van der Waals surface area contributed by atoms with Crippen molar-refractivity contribution in [3.05, 3.63) is 30.2 Å². The summed E-state index contributed by atoms with van der Waals surface area (Å²) in [5.74, 6) is -0.491. The molecule has 0 aliphatic carbocycles. The molecule has 2 unspecified atom stereocenters. The van der Waals surface area contributed by atoms with Crippen LogP contribution in [0.15, 0.2) is 24.5 Å². The van der Waals surface area contributed by atoms with Gasteiger partial charge >= 0.3 is 0 Å². The number of carbonyl (C=O) groups excluding carboxylic acids is 1. The van der Waals surface area contributed by atoms with Crippen LogP contribution >= 0.6 is 11.3 Å². The average molecular weight is 365 g/mol. The fourth-order valence-electron chi connectivity index (χ4n) is 2.63. The van der Waals surface area contributed by atoms with E-state index in [1.165, 1.54) is 15.6 Å². The van der Waals surface area contributed by atoms with Crippen molar-refractivity contribution in [3.8, 4) is 10.6 Å². The van der Waals surface area contributed by atoms with E-state index in [0.717, 1.165) is 16.3 Å². The van der Waals surface area contributed by atoms with Gasteiger partial charge in [0.1, 0.15) is 10.0 Å². The number of rotatable bonds is 4. The van der Waals surface area contributed by atoms with E-state index in [1.54, 1.807) is 12.4 Å². The van der Waals surface area contributed by atoms with Gasteiger partial charge in [0.15, 0.2) is 0 Å². The molecule has 1 saturated heterocycles. The summed E-state index contributed by atoms with van der Waals surface area (Å²) in [6.07, 6.45) is 4.80. The van der Waals surface area contributed by atoms with E-state index in [9.17, 15) is 13.6 Å². The molecule has 9 heteroatoms. The Hall–Kier alpha value is -1.68. The van der Waals surface area contributed by atoms with Crippen LogP contribution in [-0.2, 0) is 16.1 Å². The molecule has 1 aliphatic rings. The lowest BCUT2D eigenvalue weighted by molar-refractivity contribution is -0.120. The van der Waals surface area contributed by atoms with Gasteiger partial charge < -0.3 is 9.87 Å². The van der Waals surface area contributed by atoms with Crippen LogP contribution < -0.4 is 5.32 Å². The third kappa shape index (κ3) is 3.86. The van der Waals surface area contributed by atoms with Gasteiger partial charge in [-0.1, -0.05) is 11.3 Å². The van der Waals surface area contributed by atoms with Crippen LogP contribution in [0.1, 0.15) is 18.5 Å². The molecule has 2 aromatic heterocycles. The maximum atomic E-state index is 12.5. The van der Waals surface area contributed by atoms with Crippen molar-refractivity contribution in [1.29, 1.82) is 0 Å². The van der Waals surface area contributed by atoms with Gasteiger partial charge in [0.2, 0.25) is 5.91 Å². The maximum absolute atomic E-state index is 12.5. The van der Waals surface area contributed by atoms with Crippen LogP contribution in [0.5, 0.6) is 0 Å². The molecule has 3 rings (SSSR count). The van der Waals surface area contributed by atoms with Gasteiger partial charge in [0.05, 0.1) is 11.6 Å². The van der Waals surface area contributed by atoms with E-state index < -0.39 is 11.3 Å². The summed E-state index contributed by atoms with van der Waals surface area (Å²) in [5.41, 5.74) is 1.64. The summed E-state index contributed by atoms with van der Waals surface area (Å²) < 4.78 is 23.5. The lowest BCUT2D eigenvalue weighted by Crippen LogP contribution is -2.41. The summed E-state index contributed by atoms with van der Waals surface area (Å²) in [5, 5.41) is 4.39. The highest BCUT2D eigenvalue weighted by molar-refractivity contribution is 7.76. The predicted molar refractivity (Wildman–Crippen MR) is 91.9 cm³/mol. The smallest absolute Gasteiger partial charge is 0.229 e. The van der Waals surface area contributed by atoms with Crippen LogP contribution in [0.4, 0.5) is 5.00 Å². The minimum absolute atomic E-state index is 0.158. The van der Waals surface area contributed by atoms with Gasteiger partial charge in [0, 0.05) is 42.3 Å². The topological polar surface area (TPSA) is 98.2 Å². The Morgan fingerprint density at radius 3 is 3.08 bits per heavy atom. The fourth-order valence-corrected chi connectivity index (χ4v) is 4.17. The highest BCUT2D eigenvalue weighted by atomic mass is 32.2. The van der Waals surface area contributed by atoms with Crippen LogP contribution in [-0.4, -0.2) is 42.0 Å². The second kappa shape index (κ2) is 7.47. The second-order valence-electron chi connectivity index (χ2n) is 5.61. The third-order valence-electron chi connectivity index (χ3n) is 3.91. The molecule has 0 spiro atoms. The van der Waals surface area contributed by atoms with Gasteiger partial charge in [-0.25, -0.2) is 9.29 Å². The summed E-state index contributed by atoms with van der Waals surface area (Å²) in [6.45, 7) is 2.55. The first-order chi connectivity index (χ1) is 11.5. The van der Waals surface area contributed by atoms with E-state index in [0.29, 0.717) is 24.4 Å². The van der Waals surface area contributed by atoms with Crippen molar-refractivity contribution in [2.45, 2.75) is 19.8 Å². The van der Waals surface area contributed by atoms with Crippen LogP contribution in [0.3, 0.4) is 0 Å². The van der Waals surface area contributed by atoms with E-state index >= 15 is 0 Å². The number of nitrogens with one attached hydrogen (secondary N) is 1. The molecule has 2 aromatic rings. The number of aryl methyl sites for hydroxylation is 1. The van der Waals surface area contributed by atoms with Gasteiger partial charge in [-0.15, -0.1) is 0 Å². The lowest BCUT2D eigenvalue weighted by atomic mass is 9.99. The SMILES string of the molecule is Cc1nc(-c2cccnc2)sc1NC(=O)C1CCCN(S(=O)[O-])C1. The Morgan fingerprint density at radius 2 is 2.38 bits per heavy atom. The van der Waals surface area contributed by atoms with E-state index in [2.05, 4.69) is 15.3 Å². The Labute approximate surface area is 146 Å². The standard InChI is InChI=1S/C15H18N4O3S2/c1-10-14(23-15(17-10)11-4-2-6-16-8-11)18-13(20)12-5-3-7-19(9-12)24(21)22/h2,4,6,8,12H,3,5,7,9H2,1H3,(H,18,20)(H,21,22)/p-1. The molecular formula is C15H17N4O3S2-. The number of hydrogen-bond acceptors (Lipinski definition) is 6. The fraction of sp³-hybridized carbons (Fsp3) is 0.400. The van der Waals surface area contributed by atoms with Gasteiger partial charge in [-0.3, -0.25) is 14.0 Å². The summed E-state index contributed by atoms with van der Waals surface area (Å²) in [4.78, 5) is 21.0. The molecular weight excluding hydrogens is 348 g/mol. The molecule has 0 radical (unpaired) electrons. The monoisotopic (exact) mass is 365 g/mol. The Morgan fingerprint density at radius 1 is 1.54 bits per heavy atom. The van der Waals surface area contributed by atoms with Gasteiger partial charge in [0.25, 0.3) is 0 Å². The van der Waals surface area contributed by atoms with Crippen molar-refractivity contribution < 1.29 is 13.6 Å². The van der Waals surface area contributed by atoms with Crippen molar-refractivity contribution in [1.82, 2.24) is 14.3 Å². The molecule has 1 fully saturated rings. The Balaban J connectivity index is 1.71. The second-order valence-corrected chi connectivity index (χ2v) is 7.56. The summed E-state index contributed by atoms with van der Waals surface area (Å²) in [7, 11) is 0. The zero-order valence-corrected chi connectivity index (χ0v) is 14.7. The number of amides is 1. The molecule has 2 atom stereocenters. The number of carbonyl (C=O) groups is 1. The molecule has 0 aromatic carbocycles. The minimum atomic E-state index is -2.27. The first-order valence-electron chi connectivity index (χ1n) is 7.57. The quantitative estimate of drug-likeness (QED) is 0.835. The first kappa shape index (κ1) is 17.2. The first-order valence-corrected chi connectivity index (χ1v) is 9.42. The number of pyridine rings is 1. The number of anilines is 1. The number of piperidine rings is 1. The number of nitrogens with zero attached hydrogens (tertiary/aromatic N) is 3. The number of thiazole rings is 1. The minimum Gasteiger partial charge on any atom is -0.760 e. The predicted octanol–water partition coefficient (Wildman–Crippen LogP) is 1.96. The maximum Gasteiger partial charge on any atom is 0.229 e. The zero-order chi connectivity index (χ0) is 17.1. The molecule has 1 amide bonds. The number of aromatic nitrogens is 2. The number of hydrogen-bond donors (Lipinski definition) is 1. The normalized spacial score (nSPS) is 19.8. The van der Waals surface area contributed by atoms with Crippen LogP contribution in [0.25, 0.3) is 10.6 Å². The van der Waals surface area contributed by atoms with Gasteiger partial charge in [-0.2, -0.15) is 0 Å². The molecule has 3 heterocycles. The van der Waals surface area contributed by atoms with Crippen molar-refractivity contribution >= 4 is 33.5 Å². The molecule has 0 bridgehead atoms. The average Bonchev–Trinajstić information content (AvgIpc) is 2.96. The lowest BCUT2D eigenvalue weighted by Gasteiger charge is -2.32. The molecule has 1 aliphatic heterocycles. The molecule has 7 nitrogen and oxygen atoms in total. The van der Waals surface area contributed by atoms with E-state index in [1.807, 2.05) is 19.1 Å². The Kier molecular flexibility index (Phi) is 5.34. The van der Waals surface area contributed by atoms with E-state index in [4.69, 9.17) is 0 Å². The largest absolute Gasteiger partial charge is 0.760 e. The van der Waals surface area contributed by atoms with Crippen molar-refractivity contribution in [2.24, 2.45) is 5.92 Å². The van der Waals surface area contributed by atoms with Gasteiger partial charge in [-0.05, 0) is 31.9 Å². The highest BCUT2D eigenvalue weighted by Crippen LogP contribution is 2.32. The third-order valence-corrected chi connectivity index (χ3v) is 5.78. The van der Waals surface area contributed by atoms with Crippen molar-refractivity contribution in [3.63, 3.8) is 0 Å². The van der Waals surface area contributed by atoms with E-state index in [-0.39, 0.29) is 18.4 Å². The molecule has 128 valence electrons. The summed E-state index contributed by atoms with van der Waals surface area (Å²) in [6, 6.07) is 3.75. The van der Waals surface area contributed by atoms with Crippen LogP contribution in [0.2, 0.25) is 0 Å². The molecule has 1 N–H and O–H groups in total. The Bertz CT molecular complexity index is 750. The molecule has 0 saturated carbocycles. The molecule has 24 heavy (non-hydrogen) atoms. The van der Waals surface area contributed by atoms with Crippen molar-refractivity contribution in [2.75, 3.05) is 18.4 Å². The zero-order valence-electron chi connectivity index (χ0n) is 13.1.